The highest BCUT2D eigenvalue weighted by Crippen LogP contribution is 2.40. The molecule has 4 nitrogen and oxygen atoms in total. The maximum Gasteiger partial charge on any atom is 0.416 e. The van der Waals surface area contributed by atoms with Gasteiger partial charge in [-0.25, -0.2) is 4.79 Å². The summed E-state index contributed by atoms with van der Waals surface area (Å²) < 4.78 is 42.5. The van der Waals surface area contributed by atoms with Crippen LogP contribution in [-0.2, 0) is 16.6 Å². The summed E-state index contributed by atoms with van der Waals surface area (Å²) in [5.74, 6) is -2.18. The molecular formula is C16H9F3O4. The van der Waals surface area contributed by atoms with Crippen LogP contribution in [0.1, 0.15) is 21.5 Å². The van der Waals surface area contributed by atoms with Gasteiger partial charge in [0.1, 0.15) is 5.75 Å². The molecule has 0 aromatic heterocycles. The smallest absolute Gasteiger partial charge is 0.416 e. The summed E-state index contributed by atoms with van der Waals surface area (Å²) in [7, 11) is 0. The number of fused-ring (bicyclic) bond motifs is 1. The molecule has 1 unspecified atom stereocenters. The van der Waals surface area contributed by atoms with Crippen LogP contribution in [0.2, 0.25) is 0 Å². The van der Waals surface area contributed by atoms with E-state index in [2.05, 4.69) is 0 Å². The molecule has 0 bridgehead atoms. The summed E-state index contributed by atoms with van der Waals surface area (Å²) in [6, 6.07) is 9.07. The topological polar surface area (TPSA) is 63.6 Å². The predicted octanol–water partition coefficient (Wildman–Crippen LogP) is 2.69. The van der Waals surface area contributed by atoms with E-state index in [1.165, 1.54) is 18.2 Å². The van der Waals surface area contributed by atoms with Crippen LogP contribution in [0.5, 0.6) is 5.75 Å². The molecule has 1 aliphatic heterocycles. The lowest BCUT2D eigenvalue weighted by molar-refractivity contribution is -0.147. The summed E-state index contributed by atoms with van der Waals surface area (Å²) >= 11 is 0. The number of para-hydroxylation sites is 1. The van der Waals surface area contributed by atoms with E-state index in [1.54, 1.807) is 6.07 Å². The van der Waals surface area contributed by atoms with Crippen molar-refractivity contribution in [1.82, 2.24) is 0 Å². The Hall–Kier alpha value is -2.67. The van der Waals surface area contributed by atoms with Crippen LogP contribution in [0.4, 0.5) is 13.2 Å². The molecule has 0 saturated heterocycles. The van der Waals surface area contributed by atoms with Gasteiger partial charge in [-0.15, -0.1) is 0 Å². The number of carbonyl (C=O) groups is 2. The lowest BCUT2D eigenvalue weighted by Gasteiger charge is -2.18. The minimum Gasteiger partial charge on any atom is -0.423 e. The number of aliphatic hydroxyl groups is 1. The predicted molar refractivity (Wildman–Crippen MR) is 71.7 cm³/mol. The summed E-state index contributed by atoms with van der Waals surface area (Å²) in [4.78, 5) is 24.4. The fourth-order valence-corrected chi connectivity index (χ4v) is 2.37. The van der Waals surface area contributed by atoms with Crippen molar-refractivity contribution >= 4 is 11.8 Å². The van der Waals surface area contributed by atoms with Crippen molar-refractivity contribution in [1.29, 1.82) is 0 Å². The highest BCUT2D eigenvalue weighted by molar-refractivity contribution is 6.18. The number of hydrogen-bond donors (Lipinski definition) is 1. The van der Waals surface area contributed by atoms with Gasteiger partial charge in [0.2, 0.25) is 5.78 Å². The normalized spacial score (nSPS) is 20.1. The van der Waals surface area contributed by atoms with Crippen molar-refractivity contribution < 1.29 is 32.6 Å². The molecule has 0 spiro atoms. The van der Waals surface area contributed by atoms with Crippen molar-refractivity contribution in [3.05, 3.63) is 65.2 Å². The van der Waals surface area contributed by atoms with E-state index in [4.69, 9.17) is 4.74 Å². The molecule has 0 amide bonds. The molecule has 0 fully saturated rings. The number of ketones is 1. The largest absolute Gasteiger partial charge is 0.423 e. The SMILES string of the molecule is O=C1Oc2ccccc2C1(O)C(=O)c1ccc(C(F)(F)F)cc1. The first-order valence-corrected chi connectivity index (χ1v) is 6.51. The van der Waals surface area contributed by atoms with E-state index in [9.17, 15) is 27.9 Å². The van der Waals surface area contributed by atoms with Gasteiger partial charge in [0.05, 0.1) is 5.56 Å². The van der Waals surface area contributed by atoms with Gasteiger partial charge in [0.15, 0.2) is 0 Å². The summed E-state index contributed by atoms with van der Waals surface area (Å²) in [5.41, 5.74) is -3.75. The average molecular weight is 322 g/mol. The van der Waals surface area contributed by atoms with Crippen molar-refractivity contribution in [2.75, 3.05) is 0 Å². The Morgan fingerprint density at radius 2 is 1.65 bits per heavy atom. The van der Waals surface area contributed by atoms with Crippen molar-refractivity contribution in [3.8, 4) is 5.75 Å². The molecule has 1 atom stereocenters. The van der Waals surface area contributed by atoms with Gasteiger partial charge >= 0.3 is 12.1 Å². The number of rotatable bonds is 2. The maximum absolute atomic E-state index is 12.5. The summed E-state index contributed by atoms with van der Waals surface area (Å²) in [6.07, 6.45) is -4.54. The van der Waals surface area contributed by atoms with Gasteiger partial charge in [0, 0.05) is 11.1 Å². The second kappa shape index (κ2) is 4.92. The standard InChI is InChI=1S/C16H9F3O4/c17-16(18,19)10-7-5-9(6-8-10)13(20)15(22)11-3-1-2-4-12(11)23-14(15)21/h1-8,22H. The molecule has 0 radical (unpaired) electrons. The average Bonchev–Trinajstić information content (AvgIpc) is 2.78. The molecule has 0 aliphatic carbocycles. The van der Waals surface area contributed by atoms with Gasteiger partial charge in [-0.05, 0) is 18.2 Å². The highest BCUT2D eigenvalue weighted by atomic mass is 19.4. The van der Waals surface area contributed by atoms with E-state index in [0.717, 1.165) is 12.1 Å². The van der Waals surface area contributed by atoms with Crippen LogP contribution < -0.4 is 4.74 Å². The van der Waals surface area contributed by atoms with Crippen LogP contribution in [-0.4, -0.2) is 16.9 Å². The molecular weight excluding hydrogens is 313 g/mol. The van der Waals surface area contributed by atoms with Gasteiger partial charge in [-0.3, -0.25) is 4.79 Å². The molecule has 7 heteroatoms. The van der Waals surface area contributed by atoms with Crippen LogP contribution in [0.25, 0.3) is 0 Å². The number of ether oxygens (including phenoxy) is 1. The van der Waals surface area contributed by atoms with Gasteiger partial charge < -0.3 is 9.84 Å². The summed E-state index contributed by atoms with van der Waals surface area (Å²) in [6.45, 7) is 0. The second-order valence-electron chi connectivity index (χ2n) is 5.00. The van der Waals surface area contributed by atoms with E-state index in [-0.39, 0.29) is 16.9 Å². The Labute approximate surface area is 128 Å². The van der Waals surface area contributed by atoms with Crippen LogP contribution in [0, 0.1) is 0 Å². The fourth-order valence-electron chi connectivity index (χ4n) is 2.37. The van der Waals surface area contributed by atoms with E-state index in [0.29, 0.717) is 12.1 Å². The zero-order valence-electron chi connectivity index (χ0n) is 11.4. The Balaban J connectivity index is 2.02. The Kier molecular flexibility index (Phi) is 3.26. The van der Waals surface area contributed by atoms with Crippen molar-refractivity contribution in [2.45, 2.75) is 11.8 Å². The highest BCUT2D eigenvalue weighted by Gasteiger charge is 2.54. The zero-order valence-corrected chi connectivity index (χ0v) is 11.4. The molecule has 1 heterocycles. The molecule has 118 valence electrons. The third kappa shape index (κ3) is 2.29. The van der Waals surface area contributed by atoms with Crippen LogP contribution in [0.15, 0.2) is 48.5 Å². The van der Waals surface area contributed by atoms with Crippen molar-refractivity contribution in [2.24, 2.45) is 0 Å². The Morgan fingerprint density at radius 1 is 1.04 bits per heavy atom. The first-order valence-electron chi connectivity index (χ1n) is 6.51. The number of benzene rings is 2. The lowest BCUT2D eigenvalue weighted by atomic mass is 9.87. The van der Waals surface area contributed by atoms with Gasteiger partial charge in [0.25, 0.3) is 5.60 Å². The van der Waals surface area contributed by atoms with E-state index < -0.39 is 29.1 Å². The molecule has 1 aliphatic rings. The fraction of sp³-hybridized carbons (Fsp3) is 0.125. The Bertz CT molecular complexity index is 796. The zero-order chi connectivity index (χ0) is 16.8. The van der Waals surface area contributed by atoms with Gasteiger partial charge in [-0.1, -0.05) is 30.3 Å². The third-order valence-electron chi connectivity index (χ3n) is 3.58. The quantitative estimate of drug-likeness (QED) is 0.400. The van der Waals surface area contributed by atoms with Crippen molar-refractivity contribution in [3.63, 3.8) is 0 Å². The number of alkyl halides is 3. The van der Waals surface area contributed by atoms with E-state index >= 15 is 0 Å². The summed E-state index contributed by atoms with van der Waals surface area (Å²) in [5, 5.41) is 10.5. The minimum atomic E-state index is -4.54. The number of halogens is 3. The molecule has 2 aromatic rings. The lowest BCUT2D eigenvalue weighted by Crippen LogP contribution is -2.41. The molecule has 23 heavy (non-hydrogen) atoms. The number of carbonyl (C=O) groups excluding carboxylic acids is 2. The minimum absolute atomic E-state index is 0.0325. The van der Waals surface area contributed by atoms with E-state index in [1.807, 2.05) is 0 Å². The molecule has 0 saturated carbocycles. The third-order valence-corrected chi connectivity index (χ3v) is 3.58. The molecule has 2 aromatic carbocycles. The first-order chi connectivity index (χ1) is 10.7. The Morgan fingerprint density at radius 3 is 2.26 bits per heavy atom. The monoisotopic (exact) mass is 322 g/mol. The number of Topliss-reactive ketones (excluding diaryl/α,β-unsaturated/α-hetero) is 1. The number of hydrogen-bond acceptors (Lipinski definition) is 4. The van der Waals surface area contributed by atoms with Gasteiger partial charge in [-0.2, -0.15) is 13.2 Å². The van der Waals surface area contributed by atoms with Crippen LogP contribution in [0.3, 0.4) is 0 Å². The second-order valence-corrected chi connectivity index (χ2v) is 5.00. The number of esters is 1. The molecule has 1 N–H and O–H groups in total. The first kappa shape index (κ1) is 15.2. The van der Waals surface area contributed by atoms with Crippen LogP contribution >= 0.6 is 0 Å². The molecule has 3 rings (SSSR count). The maximum atomic E-state index is 12.5.